The molecule has 2 atom stereocenters. The van der Waals surface area contributed by atoms with Gasteiger partial charge in [-0.1, -0.05) is 58.4 Å². The van der Waals surface area contributed by atoms with E-state index in [0.29, 0.717) is 13.2 Å². The molecule has 2 fully saturated rings. The van der Waals surface area contributed by atoms with Gasteiger partial charge in [-0.2, -0.15) is 0 Å². The van der Waals surface area contributed by atoms with Crippen LogP contribution in [0.25, 0.3) is 0 Å². The van der Waals surface area contributed by atoms with Gasteiger partial charge in [-0.15, -0.1) is 0 Å². The lowest BCUT2D eigenvalue weighted by Crippen LogP contribution is -2.18. The van der Waals surface area contributed by atoms with Crippen LogP contribution in [0.2, 0.25) is 0 Å². The summed E-state index contributed by atoms with van der Waals surface area (Å²) in [4.78, 5) is 0. The Balaban J connectivity index is 0.000000706. The lowest BCUT2D eigenvalue weighted by Gasteiger charge is -2.26. The van der Waals surface area contributed by atoms with E-state index in [1.165, 1.54) is 17.5 Å². The Hall–Kier alpha value is -2.04. The zero-order valence-electron chi connectivity index (χ0n) is 17.4. The largest absolute Gasteiger partial charge is 0.491 e. The Morgan fingerprint density at radius 3 is 1.36 bits per heavy atom. The SMILES string of the molecule is CC(C)(c1ccc(OCC2CO2)cc1)c1ccc(OCC2CO2)cc1.CCC. The number of benzene rings is 2. The normalized spacial score (nSPS) is 20.0. The zero-order chi connectivity index (χ0) is 20.0. The number of hydrogen-bond donors (Lipinski definition) is 0. The second kappa shape index (κ2) is 9.44. The van der Waals surface area contributed by atoms with Crippen molar-refractivity contribution in [2.75, 3.05) is 26.4 Å². The fourth-order valence-corrected chi connectivity index (χ4v) is 2.81. The van der Waals surface area contributed by atoms with Crippen molar-refractivity contribution in [1.82, 2.24) is 0 Å². The Labute approximate surface area is 168 Å². The summed E-state index contributed by atoms with van der Waals surface area (Å²) < 4.78 is 21.8. The van der Waals surface area contributed by atoms with Crippen LogP contribution < -0.4 is 9.47 Å². The molecule has 4 nitrogen and oxygen atoms in total. The van der Waals surface area contributed by atoms with Crippen molar-refractivity contribution >= 4 is 0 Å². The fraction of sp³-hybridized carbons (Fsp3) is 0.500. The molecule has 2 saturated heterocycles. The van der Waals surface area contributed by atoms with Gasteiger partial charge in [0, 0.05) is 5.41 Å². The molecule has 0 aromatic heterocycles. The van der Waals surface area contributed by atoms with Crippen LogP contribution in [0, 0.1) is 0 Å². The molecule has 0 spiro atoms. The first-order chi connectivity index (χ1) is 13.5. The van der Waals surface area contributed by atoms with Gasteiger partial charge in [0.05, 0.1) is 13.2 Å². The van der Waals surface area contributed by atoms with Crippen LogP contribution in [-0.2, 0) is 14.9 Å². The second-order valence-electron chi connectivity index (χ2n) is 7.91. The topological polar surface area (TPSA) is 43.5 Å². The van der Waals surface area contributed by atoms with Crippen LogP contribution in [0.3, 0.4) is 0 Å². The quantitative estimate of drug-likeness (QED) is 0.602. The third-order valence-electron chi connectivity index (χ3n) is 4.83. The Bertz CT molecular complexity index is 652. The average Bonchev–Trinajstić information content (AvgIpc) is 3.61. The van der Waals surface area contributed by atoms with E-state index >= 15 is 0 Å². The van der Waals surface area contributed by atoms with Gasteiger partial charge in [-0.05, 0) is 35.4 Å². The average molecular weight is 385 g/mol. The van der Waals surface area contributed by atoms with Gasteiger partial charge in [-0.3, -0.25) is 0 Å². The number of epoxide rings is 2. The number of rotatable bonds is 8. The monoisotopic (exact) mass is 384 g/mol. The summed E-state index contributed by atoms with van der Waals surface area (Å²) in [6.45, 7) is 11.6. The zero-order valence-corrected chi connectivity index (χ0v) is 17.4. The highest BCUT2D eigenvalue weighted by molar-refractivity contribution is 5.41. The van der Waals surface area contributed by atoms with Crippen LogP contribution in [0.15, 0.2) is 48.5 Å². The molecule has 28 heavy (non-hydrogen) atoms. The minimum absolute atomic E-state index is 0.0870. The Morgan fingerprint density at radius 1 is 0.750 bits per heavy atom. The Morgan fingerprint density at radius 2 is 1.07 bits per heavy atom. The van der Waals surface area contributed by atoms with Gasteiger partial charge in [0.2, 0.25) is 0 Å². The van der Waals surface area contributed by atoms with E-state index in [1.807, 2.05) is 24.3 Å². The molecule has 2 aliphatic rings. The molecule has 2 unspecified atom stereocenters. The number of ether oxygens (including phenoxy) is 4. The first kappa shape index (κ1) is 20.7. The first-order valence-electron chi connectivity index (χ1n) is 10.2. The summed E-state index contributed by atoms with van der Waals surface area (Å²) in [5, 5.41) is 0. The molecule has 2 heterocycles. The van der Waals surface area contributed by atoms with Crippen molar-refractivity contribution in [2.24, 2.45) is 0 Å². The third-order valence-corrected chi connectivity index (χ3v) is 4.83. The van der Waals surface area contributed by atoms with Crippen molar-refractivity contribution in [1.29, 1.82) is 0 Å². The maximum absolute atomic E-state index is 5.72. The van der Waals surface area contributed by atoms with Gasteiger partial charge >= 0.3 is 0 Å². The molecule has 2 aromatic rings. The molecular formula is C24H32O4. The second-order valence-corrected chi connectivity index (χ2v) is 7.91. The van der Waals surface area contributed by atoms with Gasteiger partial charge < -0.3 is 18.9 Å². The summed E-state index contributed by atoms with van der Waals surface area (Å²) in [6, 6.07) is 16.7. The minimum atomic E-state index is -0.0870. The summed E-state index contributed by atoms with van der Waals surface area (Å²) in [6.07, 6.45) is 1.81. The van der Waals surface area contributed by atoms with Gasteiger partial charge in [-0.25, -0.2) is 0 Å². The molecule has 152 valence electrons. The van der Waals surface area contributed by atoms with E-state index < -0.39 is 0 Å². The Kier molecular flexibility index (Phi) is 6.97. The van der Waals surface area contributed by atoms with E-state index in [-0.39, 0.29) is 17.6 Å². The maximum Gasteiger partial charge on any atom is 0.119 e. The van der Waals surface area contributed by atoms with Crippen molar-refractivity contribution in [2.45, 2.75) is 51.7 Å². The molecular weight excluding hydrogens is 352 g/mol. The minimum Gasteiger partial charge on any atom is -0.491 e. The van der Waals surface area contributed by atoms with Crippen molar-refractivity contribution in [3.63, 3.8) is 0 Å². The first-order valence-corrected chi connectivity index (χ1v) is 10.2. The van der Waals surface area contributed by atoms with E-state index in [0.717, 1.165) is 24.7 Å². The van der Waals surface area contributed by atoms with E-state index in [1.54, 1.807) is 0 Å². The highest BCUT2D eigenvalue weighted by Gasteiger charge is 2.25. The molecule has 0 radical (unpaired) electrons. The smallest absolute Gasteiger partial charge is 0.119 e. The molecule has 0 aliphatic carbocycles. The molecule has 2 aliphatic heterocycles. The van der Waals surface area contributed by atoms with Crippen molar-refractivity contribution in [3.05, 3.63) is 59.7 Å². The standard InChI is InChI=1S/C21H24O4.C3H8/c1-21(2,15-3-7-17(8-4-15)22-11-19-13-24-19)16-5-9-18(10-6-16)23-12-20-14-25-20;1-3-2/h3-10,19-20H,11-14H2,1-2H3;3H2,1-2H3. The van der Waals surface area contributed by atoms with E-state index in [4.69, 9.17) is 18.9 Å². The lowest BCUT2D eigenvalue weighted by molar-refractivity contribution is 0.263. The molecule has 0 bridgehead atoms. The van der Waals surface area contributed by atoms with Gasteiger partial charge in [0.15, 0.2) is 0 Å². The van der Waals surface area contributed by atoms with Crippen LogP contribution in [0.5, 0.6) is 11.5 Å². The molecule has 4 heteroatoms. The molecule has 0 saturated carbocycles. The predicted molar refractivity (Wildman–Crippen MR) is 111 cm³/mol. The summed E-state index contributed by atoms with van der Waals surface area (Å²) >= 11 is 0. The lowest BCUT2D eigenvalue weighted by atomic mass is 9.78. The summed E-state index contributed by atoms with van der Waals surface area (Å²) in [5.41, 5.74) is 2.42. The summed E-state index contributed by atoms with van der Waals surface area (Å²) in [5.74, 6) is 1.78. The van der Waals surface area contributed by atoms with Crippen molar-refractivity contribution < 1.29 is 18.9 Å². The van der Waals surface area contributed by atoms with Crippen LogP contribution >= 0.6 is 0 Å². The molecule has 0 amide bonds. The van der Waals surface area contributed by atoms with E-state index in [2.05, 4.69) is 52.0 Å². The van der Waals surface area contributed by atoms with Gasteiger partial charge in [0.25, 0.3) is 0 Å². The molecule has 4 rings (SSSR count). The van der Waals surface area contributed by atoms with Crippen LogP contribution in [0.4, 0.5) is 0 Å². The van der Waals surface area contributed by atoms with E-state index in [9.17, 15) is 0 Å². The molecule has 0 N–H and O–H groups in total. The van der Waals surface area contributed by atoms with Gasteiger partial charge in [0.1, 0.15) is 36.9 Å². The fourth-order valence-electron chi connectivity index (χ4n) is 2.81. The number of hydrogen-bond acceptors (Lipinski definition) is 4. The highest BCUT2D eigenvalue weighted by Crippen LogP contribution is 2.33. The maximum atomic E-state index is 5.72. The van der Waals surface area contributed by atoms with Crippen molar-refractivity contribution in [3.8, 4) is 11.5 Å². The highest BCUT2D eigenvalue weighted by atomic mass is 16.6. The summed E-state index contributed by atoms with van der Waals surface area (Å²) in [7, 11) is 0. The van der Waals surface area contributed by atoms with Crippen LogP contribution in [-0.4, -0.2) is 38.6 Å². The third kappa shape index (κ3) is 5.98. The van der Waals surface area contributed by atoms with Crippen LogP contribution in [0.1, 0.15) is 45.2 Å². The predicted octanol–water partition coefficient (Wildman–Crippen LogP) is 4.98. The molecule has 2 aromatic carbocycles.